The highest BCUT2D eigenvalue weighted by Gasteiger charge is 2.19. The van der Waals surface area contributed by atoms with Crippen LogP contribution >= 0.6 is 11.6 Å². The van der Waals surface area contributed by atoms with E-state index in [1.807, 2.05) is 19.1 Å². The average Bonchev–Trinajstić information content (AvgIpc) is 2.67. The Morgan fingerprint density at radius 3 is 2.55 bits per heavy atom. The minimum absolute atomic E-state index is 0.0933. The van der Waals surface area contributed by atoms with Crippen LogP contribution in [0, 0.1) is 18.8 Å². The van der Waals surface area contributed by atoms with Gasteiger partial charge in [0.1, 0.15) is 0 Å². The van der Waals surface area contributed by atoms with Crippen molar-refractivity contribution in [1.82, 2.24) is 0 Å². The predicted molar refractivity (Wildman–Crippen MR) is 115 cm³/mol. The van der Waals surface area contributed by atoms with E-state index in [0.717, 1.165) is 10.9 Å². The molecule has 3 rings (SSSR count). The van der Waals surface area contributed by atoms with Crippen LogP contribution in [0.3, 0.4) is 0 Å². The van der Waals surface area contributed by atoms with E-state index < -0.39 is 16.0 Å². The molecule has 0 spiro atoms. The molecule has 0 aromatic heterocycles. The maximum absolute atomic E-state index is 13.1. The van der Waals surface area contributed by atoms with E-state index in [-0.39, 0.29) is 23.4 Å². The first-order valence-corrected chi connectivity index (χ1v) is 10.7. The molecule has 0 atom stereocenters. The Bertz CT molecular complexity index is 1260. The summed E-state index contributed by atoms with van der Waals surface area (Å²) in [6.45, 7) is 1.93. The standard InChI is InChI=1S/C22H18ClNO4S/c1-15-10-13-21(19-8-4-3-7-18(15)19)29(27,28)24-20-12-11-17(23)14-16(20)6-2-5-9-22(25)26/h3-4,7-8,10-14,24H,5,9H2,1H3,(H,25,26). The van der Waals surface area contributed by atoms with Gasteiger partial charge in [-0.25, -0.2) is 8.42 Å². The fraction of sp³-hybridized carbons (Fsp3) is 0.136. The molecule has 0 amide bonds. The normalized spacial score (nSPS) is 11.0. The number of fused-ring (bicyclic) bond motifs is 1. The van der Waals surface area contributed by atoms with Crippen LogP contribution < -0.4 is 4.72 Å². The number of hydrogen-bond acceptors (Lipinski definition) is 3. The van der Waals surface area contributed by atoms with E-state index in [0.29, 0.717) is 16.0 Å². The number of anilines is 1. The van der Waals surface area contributed by atoms with Crippen LogP contribution in [-0.2, 0) is 14.8 Å². The third kappa shape index (κ3) is 4.89. The molecular weight excluding hydrogens is 410 g/mol. The summed E-state index contributed by atoms with van der Waals surface area (Å²) in [6.07, 6.45) is 0.0562. The molecule has 7 heteroatoms. The third-order valence-corrected chi connectivity index (χ3v) is 5.96. The first kappa shape index (κ1) is 20.7. The third-order valence-electron chi connectivity index (χ3n) is 4.30. The molecule has 0 saturated carbocycles. The van der Waals surface area contributed by atoms with Crippen LogP contribution in [0.5, 0.6) is 0 Å². The maximum atomic E-state index is 13.1. The topological polar surface area (TPSA) is 83.5 Å². The summed E-state index contributed by atoms with van der Waals surface area (Å²) < 4.78 is 28.8. The largest absolute Gasteiger partial charge is 0.481 e. The molecule has 0 radical (unpaired) electrons. The number of rotatable bonds is 5. The molecule has 0 bridgehead atoms. The quantitative estimate of drug-likeness (QED) is 0.572. The van der Waals surface area contributed by atoms with Crippen molar-refractivity contribution in [1.29, 1.82) is 0 Å². The second-order valence-electron chi connectivity index (χ2n) is 6.42. The zero-order chi connectivity index (χ0) is 21.0. The van der Waals surface area contributed by atoms with E-state index in [9.17, 15) is 13.2 Å². The SMILES string of the molecule is Cc1ccc(S(=O)(=O)Nc2ccc(Cl)cc2C#CCCC(=O)O)c2ccccc12. The first-order chi connectivity index (χ1) is 13.8. The van der Waals surface area contributed by atoms with Crippen molar-refractivity contribution in [2.24, 2.45) is 0 Å². The molecule has 2 N–H and O–H groups in total. The smallest absolute Gasteiger partial charge is 0.304 e. The van der Waals surface area contributed by atoms with Crippen molar-refractivity contribution >= 4 is 44.1 Å². The Hall–Kier alpha value is -3.01. The number of aryl methyl sites for hydroxylation is 1. The minimum atomic E-state index is -3.89. The Labute approximate surface area is 174 Å². The first-order valence-electron chi connectivity index (χ1n) is 8.79. The van der Waals surface area contributed by atoms with Crippen molar-refractivity contribution in [3.63, 3.8) is 0 Å². The van der Waals surface area contributed by atoms with Gasteiger partial charge in [-0.15, -0.1) is 0 Å². The van der Waals surface area contributed by atoms with Gasteiger partial charge in [-0.05, 0) is 42.1 Å². The molecule has 0 fully saturated rings. The number of carboxylic acids is 1. The minimum Gasteiger partial charge on any atom is -0.481 e. The van der Waals surface area contributed by atoms with Crippen molar-refractivity contribution in [3.8, 4) is 11.8 Å². The van der Waals surface area contributed by atoms with Crippen LogP contribution in [0.15, 0.2) is 59.5 Å². The van der Waals surface area contributed by atoms with Crippen molar-refractivity contribution < 1.29 is 18.3 Å². The van der Waals surface area contributed by atoms with Gasteiger partial charge in [-0.2, -0.15) is 0 Å². The summed E-state index contributed by atoms with van der Waals surface area (Å²) in [4.78, 5) is 10.8. The lowest BCUT2D eigenvalue weighted by atomic mass is 10.1. The summed E-state index contributed by atoms with van der Waals surface area (Å²) in [6, 6.07) is 15.3. The molecule has 0 aliphatic heterocycles. The van der Waals surface area contributed by atoms with E-state index in [4.69, 9.17) is 16.7 Å². The van der Waals surface area contributed by atoms with Gasteiger partial charge in [0.25, 0.3) is 10.0 Å². The van der Waals surface area contributed by atoms with E-state index in [1.165, 1.54) is 6.07 Å². The second-order valence-corrected chi connectivity index (χ2v) is 8.50. The number of aliphatic carboxylic acids is 1. The summed E-state index contributed by atoms with van der Waals surface area (Å²) >= 11 is 6.02. The molecule has 3 aromatic rings. The van der Waals surface area contributed by atoms with Crippen molar-refractivity contribution in [2.45, 2.75) is 24.7 Å². The summed E-state index contributed by atoms with van der Waals surface area (Å²) in [5, 5.41) is 10.6. The number of carboxylic acid groups (broad SMARTS) is 1. The molecule has 29 heavy (non-hydrogen) atoms. The number of hydrogen-bond donors (Lipinski definition) is 2. The second kappa shape index (κ2) is 8.56. The summed E-state index contributed by atoms with van der Waals surface area (Å²) in [7, 11) is -3.89. The molecule has 3 aromatic carbocycles. The predicted octanol–water partition coefficient (Wildman–Crippen LogP) is 4.82. The van der Waals surface area contributed by atoms with Gasteiger partial charge in [0.05, 0.1) is 22.6 Å². The highest BCUT2D eigenvalue weighted by atomic mass is 35.5. The molecule has 0 saturated heterocycles. The van der Waals surface area contributed by atoms with Gasteiger partial charge in [0, 0.05) is 16.8 Å². The highest BCUT2D eigenvalue weighted by Crippen LogP contribution is 2.29. The molecule has 0 aliphatic rings. The fourth-order valence-electron chi connectivity index (χ4n) is 2.89. The summed E-state index contributed by atoms with van der Waals surface area (Å²) in [5.74, 6) is 4.60. The molecule has 0 heterocycles. The highest BCUT2D eigenvalue weighted by molar-refractivity contribution is 7.93. The number of carbonyl (C=O) groups is 1. The van der Waals surface area contributed by atoms with Gasteiger partial charge in [-0.3, -0.25) is 9.52 Å². The van der Waals surface area contributed by atoms with Crippen LogP contribution in [0.25, 0.3) is 10.8 Å². The number of benzene rings is 3. The Balaban J connectivity index is 2.00. The Morgan fingerprint density at radius 2 is 1.83 bits per heavy atom. The molecule has 0 aliphatic carbocycles. The van der Waals surface area contributed by atoms with E-state index >= 15 is 0 Å². The van der Waals surface area contributed by atoms with Gasteiger partial charge < -0.3 is 5.11 Å². The molecule has 5 nitrogen and oxygen atoms in total. The maximum Gasteiger partial charge on any atom is 0.304 e. The summed E-state index contributed by atoms with van der Waals surface area (Å²) in [5.41, 5.74) is 1.64. The number of sulfonamides is 1. The zero-order valence-electron chi connectivity index (χ0n) is 15.6. The van der Waals surface area contributed by atoms with Crippen LogP contribution in [-0.4, -0.2) is 19.5 Å². The van der Waals surface area contributed by atoms with Gasteiger partial charge in [-0.1, -0.05) is 53.8 Å². The van der Waals surface area contributed by atoms with Crippen LogP contribution in [0.4, 0.5) is 5.69 Å². The lowest BCUT2D eigenvalue weighted by Crippen LogP contribution is -2.14. The molecule has 0 unspecified atom stereocenters. The zero-order valence-corrected chi connectivity index (χ0v) is 17.1. The van der Waals surface area contributed by atoms with Crippen LogP contribution in [0.2, 0.25) is 5.02 Å². The average molecular weight is 428 g/mol. The van der Waals surface area contributed by atoms with Crippen LogP contribution in [0.1, 0.15) is 24.0 Å². The van der Waals surface area contributed by atoms with E-state index in [2.05, 4.69) is 16.6 Å². The van der Waals surface area contributed by atoms with Gasteiger partial charge >= 0.3 is 5.97 Å². The number of halogens is 1. The molecular formula is C22H18ClNO4S. The van der Waals surface area contributed by atoms with Crippen molar-refractivity contribution in [2.75, 3.05) is 4.72 Å². The van der Waals surface area contributed by atoms with Gasteiger partial charge in [0.15, 0.2) is 0 Å². The Kier molecular flexibility index (Phi) is 6.12. The van der Waals surface area contributed by atoms with Gasteiger partial charge in [0.2, 0.25) is 0 Å². The Morgan fingerprint density at radius 1 is 1.10 bits per heavy atom. The monoisotopic (exact) mass is 427 g/mol. The lowest BCUT2D eigenvalue weighted by Gasteiger charge is -2.13. The van der Waals surface area contributed by atoms with E-state index in [1.54, 1.807) is 36.4 Å². The fourth-order valence-corrected chi connectivity index (χ4v) is 4.36. The molecule has 148 valence electrons. The van der Waals surface area contributed by atoms with Crippen molar-refractivity contribution in [3.05, 3.63) is 70.7 Å². The number of nitrogens with one attached hydrogen (secondary N) is 1. The lowest BCUT2D eigenvalue weighted by molar-refractivity contribution is -0.136.